The van der Waals surface area contributed by atoms with Crippen molar-refractivity contribution >= 4 is 23.4 Å². The van der Waals surface area contributed by atoms with E-state index in [1.807, 2.05) is 0 Å². The summed E-state index contributed by atoms with van der Waals surface area (Å²) in [5, 5.41) is 5.90. The van der Waals surface area contributed by atoms with Crippen molar-refractivity contribution in [1.29, 1.82) is 0 Å². The zero-order valence-electron chi connectivity index (χ0n) is 11.4. The Morgan fingerprint density at radius 3 is 2.81 bits per heavy atom. The maximum absolute atomic E-state index is 12.3. The lowest BCUT2D eigenvalue weighted by atomic mass is 9.99. The maximum Gasteiger partial charge on any atom is 0.398 e. The fraction of sp³-hybridized carbons (Fsp3) is 0.500. The van der Waals surface area contributed by atoms with Gasteiger partial charge in [0.25, 0.3) is 0 Å². The number of anilines is 1. The third-order valence-electron chi connectivity index (χ3n) is 3.20. The lowest BCUT2D eigenvalue weighted by molar-refractivity contribution is -0.120. The highest BCUT2D eigenvalue weighted by Gasteiger charge is 2.28. The van der Waals surface area contributed by atoms with Gasteiger partial charge in [-0.05, 0) is 31.5 Å². The van der Waals surface area contributed by atoms with Gasteiger partial charge in [-0.1, -0.05) is 12.1 Å². The highest BCUT2D eigenvalue weighted by molar-refractivity contribution is 7.99. The second kappa shape index (κ2) is 7.17. The van der Waals surface area contributed by atoms with Crippen molar-refractivity contribution in [1.82, 2.24) is 5.32 Å². The van der Waals surface area contributed by atoms with Crippen molar-refractivity contribution in [2.75, 3.05) is 24.2 Å². The molecule has 3 nitrogen and oxygen atoms in total. The summed E-state index contributed by atoms with van der Waals surface area (Å²) in [4.78, 5) is 12.6. The minimum absolute atomic E-state index is 0.126. The van der Waals surface area contributed by atoms with Crippen molar-refractivity contribution in [3.8, 4) is 0 Å². The number of alkyl halides is 3. The summed E-state index contributed by atoms with van der Waals surface area (Å²) in [7, 11) is 0. The van der Waals surface area contributed by atoms with E-state index in [4.69, 9.17) is 0 Å². The first-order valence-corrected chi connectivity index (χ1v) is 7.74. The molecular weight excluding hydrogens is 301 g/mol. The average molecular weight is 318 g/mol. The van der Waals surface area contributed by atoms with Crippen LogP contribution in [0.5, 0.6) is 0 Å². The third kappa shape index (κ3) is 5.24. The fourth-order valence-electron chi connectivity index (χ4n) is 2.17. The zero-order valence-corrected chi connectivity index (χ0v) is 12.2. The molecule has 116 valence electrons. The SMILES string of the molecule is O=C(Nc1ccccc1SCC(F)(F)F)[C@H]1CCCNC1. The monoisotopic (exact) mass is 318 g/mol. The van der Waals surface area contributed by atoms with Crippen LogP contribution in [0.3, 0.4) is 0 Å². The van der Waals surface area contributed by atoms with Gasteiger partial charge >= 0.3 is 6.18 Å². The Hall–Kier alpha value is -1.21. The van der Waals surface area contributed by atoms with Gasteiger partial charge in [0.15, 0.2) is 0 Å². The number of thioether (sulfide) groups is 1. The summed E-state index contributed by atoms with van der Waals surface area (Å²) in [5.74, 6) is -1.23. The summed E-state index contributed by atoms with van der Waals surface area (Å²) in [5.41, 5.74) is 0.447. The molecule has 1 aliphatic rings. The Balaban J connectivity index is 2.00. The van der Waals surface area contributed by atoms with Crippen molar-refractivity contribution in [2.45, 2.75) is 23.9 Å². The molecule has 0 bridgehead atoms. The first kappa shape index (κ1) is 16.2. The number of rotatable bonds is 4. The molecule has 21 heavy (non-hydrogen) atoms. The number of hydrogen-bond donors (Lipinski definition) is 2. The highest BCUT2D eigenvalue weighted by Crippen LogP contribution is 2.32. The molecule has 2 rings (SSSR count). The van der Waals surface area contributed by atoms with E-state index in [9.17, 15) is 18.0 Å². The van der Waals surface area contributed by atoms with Crippen molar-refractivity contribution < 1.29 is 18.0 Å². The van der Waals surface area contributed by atoms with Crippen LogP contribution in [0.1, 0.15) is 12.8 Å². The molecule has 1 heterocycles. The lowest BCUT2D eigenvalue weighted by Gasteiger charge is -2.22. The van der Waals surface area contributed by atoms with Crippen LogP contribution in [0.4, 0.5) is 18.9 Å². The standard InChI is InChI=1S/C14H17F3N2OS/c15-14(16,17)9-21-12-6-2-1-5-11(12)19-13(20)10-4-3-7-18-8-10/h1-2,5-6,10,18H,3-4,7-9H2,(H,19,20)/t10-/m0/s1. The summed E-state index contributed by atoms with van der Waals surface area (Å²) in [6.45, 7) is 1.52. The van der Waals surface area contributed by atoms with Crippen LogP contribution in [0.25, 0.3) is 0 Å². The van der Waals surface area contributed by atoms with E-state index in [0.29, 0.717) is 28.9 Å². The van der Waals surface area contributed by atoms with Gasteiger partial charge in [0.2, 0.25) is 5.91 Å². The fourth-order valence-corrected chi connectivity index (χ4v) is 2.93. The van der Waals surface area contributed by atoms with Gasteiger partial charge in [0.1, 0.15) is 0 Å². The van der Waals surface area contributed by atoms with Crippen LogP contribution in [0.2, 0.25) is 0 Å². The number of carbonyl (C=O) groups excluding carboxylic acids is 1. The van der Waals surface area contributed by atoms with Crippen molar-refractivity contribution in [3.05, 3.63) is 24.3 Å². The van der Waals surface area contributed by atoms with Crippen LogP contribution < -0.4 is 10.6 Å². The molecule has 7 heteroatoms. The number of hydrogen-bond acceptors (Lipinski definition) is 3. The minimum atomic E-state index is -4.23. The largest absolute Gasteiger partial charge is 0.398 e. The number of nitrogens with one attached hydrogen (secondary N) is 2. The van der Waals surface area contributed by atoms with E-state index in [-0.39, 0.29) is 11.8 Å². The average Bonchev–Trinajstić information content (AvgIpc) is 2.46. The Morgan fingerprint density at radius 1 is 1.38 bits per heavy atom. The smallest absolute Gasteiger partial charge is 0.325 e. The van der Waals surface area contributed by atoms with Gasteiger partial charge in [-0.2, -0.15) is 13.2 Å². The topological polar surface area (TPSA) is 41.1 Å². The Bertz CT molecular complexity index is 487. The molecule has 2 N–H and O–H groups in total. The van der Waals surface area contributed by atoms with Crippen LogP contribution >= 0.6 is 11.8 Å². The van der Waals surface area contributed by atoms with Crippen LogP contribution in [-0.2, 0) is 4.79 Å². The molecule has 1 aromatic rings. The molecule has 1 saturated heterocycles. The van der Waals surface area contributed by atoms with Crippen LogP contribution in [0, 0.1) is 5.92 Å². The molecule has 0 aromatic heterocycles. The molecule has 1 amide bonds. The molecule has 0 spiro atoms. The van der Waals surface area contributed by atoms with Gasteiger partial charge in [-0.25, -0.2) is 0 Å². The Labute approximate surface area is 125 Å². The highest BCUT2D eigenvalue weighted by atomic mass is 32.2. The van der Waals surface area contributed by atoms with Gasteiger partial charge in [-0.3, -0.25) is 4.79 Å². The molecule has 1 atom stereocenters. The lowest BCUT2D eigenvalue weighted by Crippen LogP contribution is -2.37. The molecule has 1 aromatic carbocycles. The molecule has 1 fully saturated rings. The van der Waals surface area contributed by atoms with E-state index in [2.05, 4.69) is 10.6 Å². The van der Waals surface area contributed by atoms with Crippen molar-refractivity contribution in [2.24, 2.45) is 5.92 Å². The van der Waals surface area contributed by atoms with E-state index in [0.717, 1.165) is 19.4 Å². The summed E-state index contributed by atoms with van der Waals surface area (Å²) in [6.07, 6.45) is -2.49. The Kier molecular flexibility index (Phi) is 5.52. The van der Waals surface area contributed by atoms with Crippen LogP contribution in [-0.4, -0.2) is 30.9 Å². The van der Waals surface area contributed by atoms with Crippen molar-refractivity contribution in [3.63, 3.8) is 0 Å². The number of piperidine rings is 1. The molecule has 0 radical (unpaired) electrons. The molecule has 1 aliphatic heterocycles. The summed E-state index contributed by atoms with van der Waals surface area (Å²) in [6, 6.07) is 6.58. The molecule has 0 unspecified atom stereocenters. The normalized spacial score (nSPS) is 19.3. The van der Waals surface area contributed by atoms with E-state index < -0.39 is 11.9 Å². The minimum Gasteiger partial charge on any atom is -0.325 e. The van der Waals surface area contributed by atoms with Gasteiger partial charge in [-0.15, -0.1) is 11.8 Å². The number of amides is 1. The maximum atomic E-state index is 12.3. The second-order valence-electron chi connectivity index (χ2n) is 4.93. The molecule has 0 aliphatic carbocycles. The summed E-state index contributed by atoms with van der Waals surface area (Å²) >= 11 is 0.687. The predicted molar refractivity (Wildman–Crippen MR) is 77.4 cm³/mol. The van der Waals surface area contributed by atoms with E-state index in [1.54, 1.807) is 24.3 Å². The second-order valence-corrected chi connectivity index (χ2v) is 5.95. The number of para-hydroxylation sites is 1. The van der Waals surface area contributed by atoms with Crippen LogP contribution in [0.15, 0.2) is 29.2 Å². The number of carbonyl (C=O) groups is 1. The Morgan fingerprint density at radius 2 is 2.14 bits per heavy atom. The number of halogens is 3. The molecular formula is C14H17F3N2OS. The third-order valence-corrected chi connectivity index (χ3v) is 4.34. The molecule has 0 saturated carbocycles. The van der Waals surface area contributed by atoms with Gasteiger partial charge in [0, 0.05) is 11.4 Å². The predicted octanol–water partition coefficient (Wildman–Crippen LogP) is 3.28. The first-order chi connectivity index (χ1) is 9.96. The zero-order chi connectivity index (χ0) is 15.3. The quantitative estimate of drug-likeness (QED) is 0.837. The first-order valence-electron chi connectivity index (χ1n) is 6.76. The van der Waals surface area contributed by atoms with E-state index >= 15 is 0 Å². The van der Waals surface area contributed by atoms with E-state index in [1.165, 1.54) is 0 Å². The van der Waals surface area contributed by atoms with Gasteiger partial charge < -0.3 is 10.6 Å². The van der Waals surface area contributed by atoms with Gasteiger partial charge in [0.05, 0.1) is 17.4 Å². The number of benzene rings is 1. The summed E-state index contributed by atoms with van der Waals surface area (Å²) < 4.78 is 36.9.